The van der Waals surface area contributed by atoms with Crippen molar-refractivity contribution in [3.63, 3.8) is 0 Å². The van der Waals surface area contributed by atoms with Crippen LogP contribution in [0.15, 0.2) is 52.8 Å². The summed E-state index contributed by atoms with van der Waals surface area (Å²) in [6.07, 6.45) is 0. The molecule has 0 amide bonds. The number of benzene rings is 1. The number of nitrogens with zero attached hydrogens (tertiary/aromatic N) is 2. The molecule has 0 aliphatic heterocycles. The molecule has 3 nitrogen and oxygen atoms in total. The highest BCUT2D eigenvalue weighted by atomic mass is 127. The first-order valence-electron chi connectivity index (χ1n) is 6.23. The van der Waals surface area contributed by atoms with Crippen LogP contribution in [0.4, 0.5) is 0 Å². The van der Waals surface area contributed by atoms with Crippen molar-refractivity contribution in [3.05, 3.63) is 58.3 Å². The van der Waals surface area contributed by atoms with Crippen molar-refractivity contribution in [1.29, 1.82) is 0 Å². The molecular weight excluding hydrogens is 381 g/mol. The van der Waals surface area contributed by atoms with E-state index in [2.05, 4.69) is 41.5 Å². The van der Waals surface area contributed by atoms with Gasteiger partial charge in [0.15, 0.2) is 0 Å². The number of halogens is 1. The van der Waals surface area contributed by atoms with E-state index in [0.717, 1.165) is 5.56 Å². The maximum Gasteiger partial charge on any atom is 0.125 e. The van der Waals surface area contributed by atoms with Gasteiger partial charge in [0.2, 0.25) is 0 Å². The lowest BCUT2D eigenvalue weighted by atomic mass is 10.2. The zero-order chi connectivity index (χ0) is 13.7. The Labute approximate surface area is 141 Å². The van der Waals surface area contributed by atoms with Crippen LogP contribution in [0.25, 0.3) is 0 Å². The number of hydrogen-bond acceptors (Lipinski definition) is 3. The Morgan fingerprint density at radius 2 is 1.90 bits per heavy atom. The molecule has 0 fully saturated rings. The molecule has 1 aromatic heterocycles. The molecule has 0 saturated heterocycles. The van der Waals surface area contributed by atoms with Gasteiger partial charge in [-0.1, -0.05) is 36.4 Å². The molecule has 1 aromatic carbocycles. The Morgan fingerprint density at radius 1 is 1.20 bits per heavy atom. The van der Waals surface area contributed by atoms with Gasteiger partial charge in [-0.25, -0.2) is 0 Å². The predicted octanol–water partition coefficient (Wildman–Crippen LogP) is 3.37. The summed E-state index contributed by atoms with van der Waals surface area (Å²) in [6.45, 7) is 0.675. The number of rotatable bonds is 5. The van der Waals surface area contributed by atoms with Gasteiger partial charge < -0.3 is 10.6 Å². The average molecular weight is 401 g/mol. The quantitative estimate of drug-likeness (QED) is 0.474. The standard InChI is InChI=1S/C15H19N3S.HI/c1-18(2)13(14-9-6-10-19-14)11-17-15(16)12-7-4-3-5-8-12;/h3-10,13H,11H2,1-2H3,(H2,16,17);1H. The number of amidine groups is 1. The van der Waals surface area contributed by atoms with Gasteiger partial charge in [0.05, 0.1) is 12.6 Å². The number of nitrogens with two attached hydrogens (primary N) is 1. The first kappa shape index (κ1) is 17.1. The van der Waals surface area contributed by atoms with Crippen molar-refractivity contribution < 1.29 is 0 Å². The summed E-state index contributed by atoms with van der Waals surface area (Å²) < 4.78 is 0. The molecule has 0 radical (unpaired) electrons. The van der Waals surface area contributed by atoms with Gasteiger partial charge in [-0.3, -0.25) is 4.99 Å². The number of thiophene rings is 1. The van der Waals surface area contributed by atoms with Crippen molar-refractivity contribution in [2.75, 3.05) is 20.6 Å². The molecular formula is C15H20IN3S. The molecule has 1 heterocycles. The van der Waals surface area contributed by atoms with Gasteiger partial charge in [0.25, 0.3) is 0 Å². The smallest absolute Gasteiger partial charge is 0.125 e. The summed E-state index contributed by atoms with van der Waals surface area (Å²) in [7, 11) is 4.14. The first-order chi connectivity index (χ1) is 9.18. The van der Waals surface area contributed by atoms with E-state index < -0.39 is 0 Å². The van der Waals surface area contributed by atoms with Crippen LogP contribution in [0.3, 0.4) is 0 Å². The van der Waals surface area contributed by atoms with Crippen LogP contribution in [-0.2, 0) is 0 Å². The van der Waals surface area contributed by atoms with Crippen molar-refractivity contribution >= 4 is 41.1 Å². The largest absolute Gasteiger partial charge is 0.384 e. The first-order valence-corrected chi connectivity index (χ1v) is 7.11. The van der Waals surface area contributed by atoms with Crippen LogP contribution in [0.1, 0.15) is 16.5 Å². The topological polar surface area (TPSA) is 41.6 Å². The molecule has 0 bridgehead atoms. The van der Waals surface area contributed by atoms with Crippen LogP contribution < -0.4 is 5.73 Å². The summed E-state index contributed by atoms with van der Waals surface area (Å²) in [6, 6.07) is 14.4. The lowest BCUT2D eigenvalue weighted by Gasteiger charge is -2.21. The van der Waals surface area contributed by atoms with E-state index >= 15 is 0 Å². The number of likely N-dealkylation sites (N-methyl/N-ethyl adjacent to an activating group) is 1. The highest BCUT2D eigenvalue weighted by Gasteiger charge is 2.14. The highest BCUT2D eigenvalue weighted by molar-refractivity contribution is 14.0. The summed E-state index contributed by atoms with van der Waals surface area (Å²) in [5, 5.41) is 2.09. The van der Waals surface area contributed by atoms with E-state index in [1.165, 1.54) is 4.88 Å². The SMILES string of the molecule is CN(C)C(CN=C(N)c1ccccc1)c1cccs1.I. The van der Waals surface area contributed by atoms with Crippen LogP contribution >= 0.6 is 35.3 Å². The Balaban J connectivity index is 0.00000200. The molecule has 20 heavy (non-hydrogen) atoms. The average Bonchev–Trinajstić information content (AvgIpc) is 2.93. The van der Waals surface area contributed by atoms with Crippen molar-refractivity contribution in [1.82, 2.24) is 4.90 Å². The van der Waals surface area contributed by atoms with Crippen molar-refractivity contribution in [2.24, 2.45) is 10.7 Å². The molecule has 1 atom stereocenters. The molecule has 2 rings (SSSR count). The van der Waals surface area contributed by atoms with Gasteiger partial charge in [-0.05, 0) is 25.5 Å². The lowest BCUT2D eigenvalue weighted by Crippen LogP contribution is -2.23. The molecule has 0 spiro atoms. The van der Waals surface area contributed by atoms with Crippen LogP contribution in [0.2, 0.25) is 0 Å². The Hall–Kier alpha value is -0.920. The third-order valence-corrected chi connectivity index (χ3v) is 3.97. The van der Waals surface area contributed by atoms with Gasteiger partial charge in [0.1, 0.15) is 5.84 Å². The summed E-state index contributed by atoms with van der Waals surface area (Å²) in [4.78, 5) is 8.02. The third-order valence-electron chi connectivity index (χ3n) is 3.00. The normalized spacial score (nSPS) is 13.1. The van der Waals surface area contributed by atoms with Crippen LogP contribution in [-0.4, -0.2) is 31.4 Å². The van der Waals surface area contributed by atoms with E-state index in [9.17, 15) is 0 Å². The van der Waals surface area contributed by atoms with Crippen LogP contribution in [0, 0.1) is 0 Å². The van der Waals surface area contributed by atoms with Crippen molar-refractivity contribution in [3.8, 4) is 0 Å². The Morgan fingerprint density at radius 3 is 2.45 bits per heavy atom. The van der Waals surface area contributed by atoms with Crippen LogP contribution in [0.5, 0.6) is 0 Å². The summed E-state index contributed by atoms with van der Waals surface area (Å²) in [5.41, 5.74) is 7.01. The number of hydrogen-bond donors (Lipinski definition) is 1. The zero-order valence-electron chi connectivity index (χ0n) is 11.7. The van der Waals surface area contributed by atoms with Gasteiger partial charge in [0, 0.05) is 10.4 Å². The monoisotopic (exact) mass is 401 g/mol. The van der Waals surface area contributed by atoms with E-state index in [1.807, 2.05) is 30.3 Å². The minimum absolute atomic E-state index is 0. The van der Waals surface area contributed by atoms with Gasteiger partial charge in [-0.2, -0.15) is 0 Å². The maximum atomic E-state index is 6.03. The third kappa shape index (κ3) is 4.57. The molecule has 2 aromatic rings. The molecule has 0 aliphatic carbocycles. The fraction of sp³-hybridized carbons (Fsp3) is 0.267. The lowest BCUT2D eigenvalue weighted by molar-refractivity contribution is 0.311. The Bertz CT molecular complexity index is 523. The molecule has 0 aliphatic rings. The molecule has 0 saturated carbocycles. The van der Waals surface area contributed by atoms with E-state index in [4.69, 9.17) is 5.73 Å². The molecule has 1 unspecified atom stereocenters. The van der Waals surface area contributed by atoms with E-state index in [0.29, 0.717) is 12.4 Å². The second-order valence-corrected chi connectivity index (χ2v) is 5.57. The van der Waals surface area contributed by atoms with E-state index in [-0.39, 0.29) is 30.0 Å². The minimum atomic E-state index is 0. The maximum absolute atomic E-state index is 6.03. The second kappa shape index (κ2) is 8.39. The molecule has 2 N–H and O–H groups in total. The summed E-state index contributed by atoms with van der Waals surface area (Å²) in [5.74, 6) is 0.601. The van der Waals surface area contributed by atoms with Gasteiger partial charge >= 0.3 is 0 Å². The summed E-state index contributed by atoms with van der Waals surface area (Å²) >= 11 is 1.76. The molecule has 108 valence electrons. The zero-order valence-corrected chi connectivity index (χ0v) is 14.8. The highest BCUT2D eigenvalue weighted by Crippen LogP contribution is 2.23. The van der Waals surface area contributed by atoms with E-state index in [1.54, 1.807) is 11.3 Å². The Kier molecular flexibility index (Phi) is 7.18. The van der Waals surface area contributed by atoms with Gasteiger partial charge in [-0.15, -0.1) is 35.3 Å². The minimum Gasteiger partial charge on any atom is -0.384 e. The fourth-order valence-electron chi connectivity index (χ4n) is 1.87. The predicted molar refractivity (Wildman–Crippen MR) is 98.2 cm³/mol. The van der Waals surface area contributed by atoms with Crippen molar-refractivity contribution in [2.45, 2.75) is 6.04 Å². The number of aliphatic imine (C=N–C) groups is 1. The second-order valence-electron chi connectivity index (χ2n) is 4.59. The fourth-order valence-corrected chi connectivity index (χ4v) is 2.79. The molecule has 5 heteroatoms.